The number of amides is 1. The van der Waals surface area contributed by atoms with Crippen molar-refractivity contribution in [2.45, 2.75) is 17.6 Å². The minimum absolute atomic E-state index is 0.105. The van der Waals surface area contributed by atoms with Crippen LogP contribution in [0.4, 0.5) is 5.69 Å². The lowest BCUT2D eigenvalue weighted by Crippen LogP contribution is -2.22. The van der Waals surface area contributed by atoms with Crippen molar-refractivity contribution in [3.63, 3.8) is 0 Å². The molecule has 0 saturated carbocycles. The van der Waals surface area contributed by atoms with Gasteiger partial charge < -0.3 is 5.32 Å². The maximum Gasteiger partial charge on any atom is 0.271 e. The average molecular weight is 359 g/mol. The fourth-order valence-electron chi connectivity index (χ4n) is 1.76. The molecule has 1 heterocycles. The lowest BCUT2D eigenvalue weighted by molar-refractivity contribution is -0.118. The maximum atomic E-state index is 12.3. The molecule has 8 heteroatoms. The second-order valence-electron chi connectivity index (χ2n) is 4.57. The zero-order valence-electron chi connectivity index (χ0n) is 11.8. The monoisotopic (exact) mass is 358 g/mol. The van der Waals surface area contributed by atoms with Gasteiger partial charge in [-0.15, -0.1) is 11.3 Å². The Morgan fingerprint density at radius 2 is 2.05 bits per heavy atom. The van der Waals surface area contributed by atoms with Crippen LogP contribution < -0.4 is 10.0 Å². The standard InChI is InChI=1S/C14H15ClN2O3S2/c1-10(18)16-8-7-13-5-6-14(21-13)22(19,20)17-12-4-2-3-11(15)9-12/h2-6,9,17H,7-8H2,1H3,(H,16,18). The SMILES string of the molecule is CC(=O)NCCc1ccc(S(=O)(=O)Nc2cccc(Cl)c2)s1. The molecule has 0 unspecified atom stereocenters. The fourth-order valence-corrected chi connectivity index (χ4v) is 4.35. The van der Waals surface area contributed by atoms with E-state index in [4.69, 9.17) is 11.6 Å². The third-order valence-electron chi connectivity index (χ3n) is 2.72. The molecule has 1 aromatic carbocycles. The van der Waals surface area contributed by atoms with Crippen LogP contribution in [0.2, 0.25) is 5.02 Å². The number of carbonyl (C=O) groups excluding carboxylic acids is 1. The summed E-state index contributed by atoms with van der Waals surface area (Å²) < 4.78 is 27.3. The van der Waals surface area contributed by atoms with Gasteiger partial charge in [-0.2, -0.15) is 0 Å². The van der Waals surface area contributed by atoms with E-state index in [1.54, 1.807) is 36.4 Å². The van der Waals surface area contributed by atoms with Crippen LogP contribution in [-0.4, -0.2) is 20.9 Å². The molecule has 2 aromatic rings. The Balaban J connectivity index is 2.06. The van der Waals surface area contributed by atoms with Crippen molar-refractivity contribution in [3.05, 3.63) is 46.3 Å². The Kier molecular flexibility index (Phi) is 5.44. The smallest absolute Gasteiger partial charge is 0.271 e. The molecule has 0 saturated heterocycles. The second-order valence-corrected chi connectivity index (χ2v) is 8.08. The highest BCUT2D eigenvalue weighted by Crippen LogP contribution is 2.25. The van der Waals surface area contributed by atoms with Gasteiger partial charge >= 0.3 is 0 Å². The van der Waals surface area contributed by atoms with Gasteiger partial charge in [-0.05, 0) is 36.8 Å². The van der Waals surface area contributed by atoms with Crippen LogP contribution in [0.5, 0.6) is 0 Å². The van der Waals surface area contributed by atoms with E-state index in [0.717, 1.165) is 4.88 Å². The molecule has 0 aliphatic carbocycles. The Bertz CT molecular complexity index is 772. The third-order valence-corrected chi connectivity index (χ3v) is 5.98. The van der Waals surface area contributed by atoms with E-state index in [0.29, 0.717) is 23.7 Å². The highest BCUT2D eigenvalue weighted by Gasteiger charge is 2.17. The topological polar surface area (TPSA) is 75.3 Å². The van der Waals surface area contributed by atoms with Gasteiger partial charge in [-0.3, -0.25) is 9.52 Å². The Hall–Kier alpha value is -1.57. The molecule has 5 nitrogen and oxygen atoms in total. The van der Waals surface area contributed by atoms with Gasteiger partial charge in [0.05, 0.1) is 5.69 Å². The van der Waals surface area contributed by atoms with E-state index >= 15 is 0 Å². The molecule has 0 aliphatic heterocycles. The summed E-state index contributed by atoms with van der Waals surface area (Å²) in [6.07, 6.45) is 0.594. The van der Waals surface area contributed by atoms with Crippen LogP contribution in [0.3, 0.4) is 0 Å². The number of hydrogen-bond donors (Lipinski definition) is 2. The molecular weight excluding hydrogens is 344 g/mol. The molecule has 22 heavy (non-hydrogen) atoms. The molecule has 2 N–H and O–H groups in total. The molecule has 0 aliphatic rings. The largest absolute Gasteiger partial charge is 0.356 e. The predicted octanol–water partition coefficient (Wildman–Crippen LogP) is 2.88. The molecule has 0 spiro atoms. The first-order valence-corrected chi connectivity index (χ1v) is 9.16. The van der Waals surface area contributed by atoms with Crippen LogP contribution in [0.25, 0.3) is 0 Å². The molecule has 1 amide bonds. The number of hydrogen-bond acceptors (Lipinski definition) is 4. The van der Waals surface area contributed by atoms with Crippen molar-refractivity contribution in [1.29, 1.82) is 0 Å². The Morgan fingerprint density at radius 3 is 2.73 bits per heavy atom. The van der Waals surface area contributed by atoms with Gasteiger partial charge in [-0.1, -0.05) is 17.7 Å². The number of thiophene rings is 1. The summed E-state index contributed by atoms with van der Waals surface area (Å²) in [5, 5.41) is 3.14. The van der Waals surface area contributed by atoms with Gasteiger partial charge in [0.1, 0.15) is 4.21 Å². The summed E-state index contributed by atoms with van der Waals surface area (Å²) in [7, 11) is -3.63. The van der Waals surface area contributed by atoms with E-state index in [1.165, 1.54) is 18.3 Å². The van der Waals surface area contributed by atoms with Crippen LogP contribution in [0.1, 0.15) is 11.8 Å². The van der Waals surface area contributed by atoms with E-state index in [9.17, 15) is 13.2 Å². The van der Waals surface area contributed by atoms with Crippen molar-refractivity contribution < 1.29 is 13.2 Å². The van der Waals surface area contributed by atoms with Gasteiger partial charge in [0, 0.05) is 23.4 Å². The summed E-state index contributed by atoms with van der Waals surface area (Å²) in [5.41, 5.74) is 0.417. The van der Waals surface area contributed by atoms with E-state index in [1.807, 2.05) is 0 Å². The van der Waals surface area contributed by atoms with Crippen LogP contribution >= 0.6 is 22.9 Å². The van der Waals surface area contributed by atoms with Crippen LogP contribution in [0.15, 0.2) is 40.6 Å². The summed E-state index contributed by atoms with van der Waals surface area (Å²) in [4.78, 5) is 11.7. The number of benzene rings is 1. The minimum Gasteiger partial charge on any atom is -0.356 e. The van der Waals surface area contributed by atoms with Gasteiger partial charge in [0.25, 0.3) is 10.0 Å². The Labute approximate surface area is 138 Å². The number of halogens is 1. The first-order valence-electron chi connectivity index (χ1n) is 6.48. The van der Waals surface area contributed by atoms with Gasteiger partial charge in [0.2, 0.25) is 5.91 Å². The molecule has 1 aromatic heterocycles. The van der Waals surface area contributed by atoms with Crippen molar-refractivity contribution in [2.24, 2.45) is 0 Å². The minimum atomic E-state index is -3.63. The van der Waals surface area contributed by atoms with Crippen molar-refractivity contribution in [3.8, 4) is 0 Å². The first-order chi connectivity index (χ1) is 10.4. The van der Waals surface area contributed by atoms with E-state index < -0.39 is 10.0 Å². The lowest BCUT2D eigenvalue weighted by Gasteiger charge is -2.06. The molecule has 2 rings (SSSR count). The zero-order chi connectivity index (χ0) is 16.2. The fraction of sp³-hybridized carbons (Fsp3) is 0.214. The summed E-state index contributed by atoms with van der Waals surface area (Å²) in [6.45, 7) is 1.93. The molecule has 0 fully saturated rings. The predicted molar refractivity (Wildman–Crippen MR) is 89.0 cm³/mol. The maximum absolute atomic E-state index is 12.3. The molecule has 0 atom stereocenters. The third kappa shape index (κ3) is 4.72. The van der Waals surface area contributed by atoms with Crippen molar-refractivity contribution >= 4 is 44.6 Å². The first kappa shape index (κ1) is 16.8. The molecular formula is C14H15ClN2O3S2. The Morgan fingerprint density at radius 1 is 1.27 bits per heavy atom. The van der Waals surface area contributed by atoms with Crippen LogP contribution in [0, 0.1) is 0 Å². The lowest BCUT2D eigenvalue weighted by atomic mass is 10.3. The highest BCUT2D eigenvalue weighted by molar-refractivity contribution is 7.94. The van der Waals surface area contributed by atoms with E-state index in [2.05, 4.69) is 10.0 Å². The zero-order valence-corrected chi connectivity index (χ0v) is 14.2. The van der Waals surface area contributed by atoms with Crippen molar-refractivity contribution in [1.82, 2.24) is 5.32 Å². The second kappa shape index (κ2) is 7.13. The molecule has 118 valence electrons. The molecule has 0 bridgehead atoms. The van der Waals surface area contributed by atoms with E-state index in [-0.39, 0.29) is 10.1 Å². The number of anilines is 1. The number of sulfonamides is 1. The summed E-state index contributed by atoms with van der Waals surface area (Å²) >= 11 is 7.02. The average Bonchev–Trinajstić information content (AvgIpc) is 2.87. The normalized spacial score (nSPS) is 11.2. The van der Waals surface area contributed by atoms with Crippen molar-refractivity contribution in [2.75, 3.05) is 11.3 Å². The quantitative estimate of drug-likeness (QED) is 0.833. The summed E-state index contributed by atoms with van der Waals surface area (Å²) in [6, 6.07) is 9.83. The molecule has 0 radical (unpaired) electrons. The van der Waals surface area contributed by atoms with Gasteiger partial charge in [-0.25, -0.2) is 8.42 Å². The number of nitrogens with one attached hydrogen (secondary N) is 2. The number of carbonyl (C=O) groups is 1. The van der Waals surface area contributed by atoms with Gasteiger partial charge in [0.15, 0.2) is 0 Å². The number of rotatable bonds is 6. The highest BCUT2D eigenvalue weighted by atomic mass is 35.5. The van der Waals surface area contributed by atoms with Crippen LogP contribution in [-0.2, 0) is 21.2 Å². The summed E-state index contributed by atoms with van der Waals surface area (Å²) in [5.74, 6) is -0.105.